The van der Waals surface area contributed by atoms with Crippen molar-refractivity contribution >= 4 is 47.2 Å². The monoisotopic (exact) mass is 843 g/mol. The third-order valence-corrected chi connectivity index (χ3v) is 7.54. The van der Waals surface area contributed by atoms with E-state index in [-0.39, 0.29) is 62.3 Å². The molecule has 0 heterocycles. The van der Waals surface area contributed by atoms with Crippen molar-refractivity contribution < 1.29 is 66.7 Å². The standard InChI is InChI=1S/C43H61N3O14/c1-30(47)18-20-53-22-24-55-26-27-56-25-23-54-21-19-46(37(28-31(2)48)39(50)59-42(4,5)6)41(52)57-29-33-10-16-36(17-11-33)58-38(49)34-12-14-35(15-13-34)44-32(3)45-40(51)60-43(7,8)9/h10-17,37H,18-29H2,1-9H3,(H,44,45,51). The van der Waals surface area contributed by atoms with Gasteiger partial charge in [0.25, 0.3) is 0 Å². The van der Waals surface area contributed by atoms with Gasteiger partial charge in [-0.15, -0.1) is 0 Å². The lowest BCUT2D eigenvalue weighted by Gasteiger charge is -2.31. The normalized spacial score (nSPS) is 12.2. The van der Waals surface area contributed by atoms with Crippen LogP contribution in [-0.2, 0) is 54.1 Å². The van der Waals surface area contributed by atoms with E-state index in [1.54, 1.807) is 72.7 Å². The number of hydrogen-bond donors (Lipinski definition) is 1. The number of alkyl carbamates (subject to hydrolysis) is 1. The fourth-order valence-corrected chi connectivity index (χ4v) is 4.87. The van der Waals surface area contributed by atoms with Crippen LogP contribution in [0, 0.1) is 0 Å². The number of carbonyl (C=O) groups excluding carboxylic acids is 6. The summed E-state index contributed by atoms with van der Waals surface area (Å²) in [6, 6.07) is 11.3. The number of rotatable bonds is 24. The van der Waals surface area contributed by atoms with E-state index in [2.05, 4.69) is 10.3 Å². The number of nitrogens with zero attached hydrogens (tertiary/aromatic N) is 2. The number of ether oxygens (including phenoxy) is 8. The summed E-state index contributed by atoms with van der Waals surface area (Å²) in [5.74, 6) is -1.10. The van der Waals surface area contributed by atoms with Crippen molar-refractivity contribution in [2.45, 2.75) is 99.0 Å². The Morgan fingerprint density at radius 3 is 1.72 bits per heavy atom. The molecule has 1 N–H and O–H groups in total. The molecule has 60 heavy (non-hydrogen) atoms. The minimum absolute atomic E-state index is 0.00468. The van der Waals surface area contributed by atoms with E-state index in [1.165, 1.54) is 38.1 Å². The fraction of sp³-hybridized carbons (Fsp3) is 0.558. The minimum atomic E-state index is -1.27. The van der Waals surface area contributed by atoms with Gasteiger partial charge in [0, 0.05) is 19.4 Å². The Labute approximate surface area is 352 Å². The van der Waals surface area contributed by atoms with Crippen molar-refractivity contribution in [3.8, 4) is 5.75 Å². The second kappa shape index (κ2) is 26.1. The minimum Gasteiger partial charge on any atom is -0.458 e. The molecular formula is C43H61N3O14. The van der Waals surface area contributed by atoms with Crippen LogP contribution in [0.5, 0.6) is 5.75 Å². The first kappa shape index (κ1) is 50.9. The van der Waals surface area contributed by atoms with Gasteiger partial charge >= 0.3 is 24.1 Å². The molecule has 0 radical (unpaired) electrons. The molecule has 2 rings (SSSR count). The first-order valence-corrected chi connectivity index (χ1v) is 19.6. The number of Topliss-reactive ketones (excluding diaryl/α,β-unsaturated/α-hetero) is 2. The van der Waals surface area contributed by atoms with Crippen LogP contribution in [0.3, 0.4) is 0 Å². The zero-order valence-electron chi connectivity index (χ0n) is 36.3. The molecule has 0 aliphatic carbocycles. The van der Waals surface area contributed by atoms with E-state index in [1.807, 2.05) is 0 Å². The van der Waals surface area contributed by atoms with Gasteiger partial charge in [-0.05, 0) is 104 Å². The Hall–Kier alpha value is -5.23. The summed E-state index contributed by atoms with van der Waals surface area (Å²) in [6.45, 7) is 16.7. The number of benzene rings is 2. The number of esters is 2. The van der Waals surface area contributed by atoms with Crippen molar-refractivity contribution in [3.05, 3.63) is 59.7 Å². The van der Waals surface area contributed by atoms with E-state index in [0.717, 1.165) is 4.90 Å². The van der Waals surface area contributed by atoms with Crippen LogP contribution in [-0.4, -0.2) is 123 Å². The summed E-state index contributed by atoms with van der Waals surface area (Å²) < 4.78 is 43.7. The first-order valence-electron chi connectivity index (χ1n) is 19.6. The molecule has 1 unspecified atom stereocenters. The summed E-state index contributed by atoms with van der Waals surface area (Å²) in [4.78, 5) is 80.2. The molecule has 2 aromatic carbocycles. The van der Waals surface area contributed by atoms with Gasteiger partial charge in [-0.25, -0.2) is 24.2 Å². The van der Waals surface area contributed by atoms with Crippen LogP contribution < -0.4 is 10.1 Å². The van der Waals surface area contributed by atoms with Crippen molar-refractivity contribution in [2.24, 2.45) is 4.99 Å². The summed E-state index contributed by atoms with van der Waals surface area (Å²) >= 11 is 0. The molecule has 0 saturated carbocycles. The van der Waals surface area contributed by atoms with Gasteiger partial charge in [-0.3, -0.25) is 19.8 Å². The van der Waals surface area contributed by atoms with E-state index in [0.29, 0.717) is 56.5 Å². The average molecular weight is 844 g/mol. The number of aliphatic imine (C=N–C) groups is 1. The van der Waals surface area contributed by atoms with Crippen LogP contribution >= 0.6 is 0 Å². The predicted molar refractivity (Wildman–Crippen MR) is 220 cm³/mol. The van der Waals surface area contributed by atoms with Gasteiger partial charge in [0.1, 0.15) is 47.0 Å². The Kier molecular flexibility index (Phi) is 22.1. The van der Waals surface area contributed by atoms with E-state index < -0.39 is 41.4 Å². The third-order valence-electron chi connectivity index (χ3n) is 7.54. The summed E-state index contributed by atoms with van der Waals surface area (Å²) in [5.41, 5.74) is -0.228. The average Bonchev–Trinajstić information content (AvgIpc) is 3.13. The van der Waals surface area contributed by atoms with Crippen LogP contribution in [0.4, 0.5) is 15.3 Å². The molecule has 0 aliphatic rings. The van der Waals surface area contributed by atoms with Crippen molar-refractivity contribution in [2.75, 3.05) is 59.4 Å². The molecule has 0 saturated heterocycles. The van der Waals surface area contributed by atoms with Crippen molar-refractivity contribution in [1.29, 1.82) is 0 Å². The largest absolute Gasteiger partial charge is 0.458 e. The Morgan fingerprint density at radius 1 is 0.667 bits per heavy atom. The lowest BCUT2D eigenvalue weighted by molar-refractivity contribution is -0.162. The Morgan fingerprint density at radius 2 is 1.20 bits per heavy atom. The second-order valence-corrected chi connectivity index (χ2v) is 15.5. The van der Waals surface area contributed by atoms with E-state index >= 15 is 0 Å². The smallest absolute Gasteiger partial charge is 0.413 e. The Balaban J connectivity index is 1.94. The highest BCUT2D eigenvalue weighted by molar-refractivity contribution is 5.95. The summed E-state index contributed by atoms with van der Waals surface area (Å²) in [6.07, 6.45) is -1.42. The van der Waals surface area contributed by atoms with Gasteiger partial charge in [-0.2, -0.15) is 0 Å². The zero-order valence-corrected chi connectivity index (χ0v) is 36.3. The number of amides is 2. The molecule has 0 fully saturated rings. The van der Waals surface area contributed by atoms with E-state index in [9.17, 15) is 28.8 Å². The fourth-order valence-electron chi connectivity index (χ4n) is 4.87. The zero-order chi connectivity index (χ0) is 44.7. The highest BCUT2D eigenvalue weighted by atomic mass is 16.6. The number of ketones is 2. The quantitative estimate of drug-likeness (QED) is 0.0314. The van der Waals surface area contributed by atoms with Gasteiger partial charge in [0.05, 0.1) is 64.1 Å². The number of nitrogens with one attached hydrogen (secondary N) is 1. The molecule has 332 valence electrons. The molecule has 17 nitrogen and oxygen atoms in total. The number of amidine groups is 1. The number of carbonyl (C=O) groups is 6. The molecule has 0 spiro atoms. The van der Waals surface area contributed by atoms with Crippen molar-refractivity contribution in [1.82, 2.24) is 10.2 Å². The van der Waals surface area contributed by atoms with Gasteiger partial charge in [0.2, 0.25) is 0 Å². The lowest BCUT2D eigenvalue weighted by atomic mass is 10.1. The molecular weight excluding hydrogens is 782 g/mol. The predicted octanol–water partition coefficient (Wildman–Crippen LogP) is 6.15. The lowest BCUT2D eigenvalue weighted by Crippen LogP contribution is -2.49. The van der Waals surface area contributed by atoms with Gasteiger partial charge in [0.15, 0.2) is 0 Å². The second-order valence-electron chi connectivity index (χ2n) is 15.5. The van der Waals surface area contributed by atoms with Crippen LogP contribution in [0.1, 0.15) is 91.1 Å². The Bertz CT molecular complexity index is 1710. The van der Waals surface area contributed by atoms with Gasteiger partial charge in [-0.1, -0.05) is 12.1 Å². The van der Waals surface area contributed by atoms with E-state index in [4.69, 9.17) is 37.9 Å². The highest BCUT2D eigenvalue weighted by Crippen LogP contribution is 2.20. The molecule has 2 aromatic rings. The summed E-state index contributed by atoms with van der Waals surface area (Å²) in [5, 5.41) is 2.55. The van der Waals surface area contributed by atoms with Crippen molar-refractivity contribution in [3.63, 3.8) is 0 Å². The molecule has 17 heteroatoms. The molecule has 2 amide bonds. The molecule has 0 bridgehead atoms. The first-order chi connectivity index (χ1) is 28.2. The highest BCUT2D eigenvalue weighted by Gasteiger charge is 2.35. The maximum atomic E-state index is 13.5. The van der Waals surface area contributed by atoms with Crippen LogP contribution in [0.15, 0.2) is 53.5 Å². The van der Waals surface area contributed by atoms with Crippen LogP contribution in [0.2, 0.25) is 0 Å². The SMILES string of the molecule is CC(=O)CCOCCOCCOCCOCCN(C(=O)OCc1ccc(OC(=O)c2ccc(N=C(C)NC(=O)OC(C)(C)C)cc2)cc1)C(CC(C)=O)C(=O)OC(C)(C)C. The molecule has 0 aliphatic heterocycles. The van der Waals surface area contributed by atoms with Gasteiger partial charge < -0.3 is 37.9 Å². The topological polar surface area (TPSA) is 204 Å². The third kappa shape index (κ3) is 22.8. The number of hydrogen-bond acceptors (Lipinski definition) is 15. The maximum absolute atomic E-state index is 13.5. The molecule has 0 aromatic heterocycles. The maximum Gasteiger partial charge on any atom is 0.413 e. The van der Waals surface area contributed by atoms with Crippen LogP contribution in [0.25, 0.3) is 0 Å². The summed E-state index contributed by atoms with van der Waals surface area (Å²) in [7, 11) is 0. The molecule has 1 atom stereocenters.